The molecule has 1 atom stereocenters. The van der Waals surface area contributed by atoms with Gasteiger partial charge in [0.15, 0.2) is 0 Å². The minimum Gasteiger partial charge on any atom is -0.497 e. The van der Waals surface area contributed by atoms with Gasteiger partial charge in [-0.2, -0.15) is 0 Å². The highest BCUT2D eigenvalue weighted by Crippen LogP contribution is 2.24. The van der Waals surface area contributed by atoms with Gasteiger partial charge in [0.1, 0.15) is 23.6 Å². The normalized spacial score (nSPS) is 17.1. The zero-order chi connectivity index (χ0) is 14.6. The first-order valence-electron chi connectivity index (χ1n) is 6.70. The second-order valence-corrected chi connectivity index (χ2v) is 5.21. The molecule has 0 amide bonds. The number of ether oxygens (including phenoxy) is 3. The summed E-state index contributed by atoms with van der Waals surface area (Å²) >= 11 is 0. The fraction of sp³-hybridized carbons (Fsp3) is 0.533. The third-order valence-electron chi connectivity index (χ3n) is 3.32. The van der Waals surface area contributed by atoms with Crippen LogP contribution in [0.4, 0.5) is 0 Å². The molecule has 1 aliphatic rings. The number of carbonyl (C=O) groups excluding carboxylic acids is 1. The molecular weight excluding hydrogens is 258 g/mol. The molecule has 1 fully saturated rings. The van der Waals surface area contributed by atoms with Crippen molar-refractivity contribution < 1.29 is 19.0 Å². The molecule has 5 nitrogen and oxygen atoms in total. The van der Waals surface area contributed by atoms with Gasteiger partial charge in [-0.25, -0.2) is 4.79 Å². The van der Waals surface area contributed by atoms with Crippen molar-refractivity contribution in [1.82, 2.24) is 5.32 Å². The minimum absolute atomic E-state index is 0.225. The Morgan fingerprint density at radius 3 is 2.35 bits per heavy atom. The van der Waals surface area contributed by atoms with Gasteiger partial charge in [0, 0.05) is 6.04 Å². The largest absolute Gasteiger partial charge is 0.497 e. The van der Waals surface area contributed by atoms with Crippen LogP contribution in [0.3, 0.4) is 0 Å². The van der Waals surface area contributed by atoms with Gasteiger partial charge in [0.25, 0.3) is 0 Å². The van der Waals surface area contributed by atoms with Crippen molar-refractivity contribution in [1.29, 1.82) is 0 Å². The number of carbonyl (C=O) groups is 1. The summed E-state index contributed by atoms with van der Waals surface area (Å²) in [5.41, 5.74) is -0.824. The lowest BCUT2D eigenvalue weighted by molar-refractivity contribution is -0.149. The van der Waals surface area contributed by atoms with Crippen LogP contribution in [0.1, 0.15) is 19.8 Å². The Bertz CT molecular complexity index is 455. The summed E-state index contributed by atoms with van der Waals surface area (Å²) in [6.07, 6.45) is 2.18. The summed E-state index contributed by atoms with van der Waals surface area (Å²) in [7, 11) is 3.01. The summed E-state index contributed by atoms with van der Waals surface area (Å²) in [6.45, 7) is 2.03. The van der Waals surface area contributed by atoms with Crippen LogP contribution < -0.4 is 14.8 Å². The number of benzene rings is 1. The number of hydrogen-bond donors (Lipinski definition) is 1. The van der Waals surface area contributed by atoms with E-state index in [0.717, 1.165) is 18.6 Å². The minimum atomic E-state index is -0.824. The summed E-state index contributed by atoms with van der Waals surface area (Å²) in [5, 5.41) is 3.29. The first kappa shape index (κ1) is 14.7. The molecule has 0 spiro atoms. The molecule has 2 rings (SSSR count). The fourth-order valence-electron chi connectivity index (χ4n) is 1.96. The average molecular weight is 279 g/mol. The first-order chi connectivity index (χ1) is 9.57. The third kappa shape index (κ3) is 3.63. The zero-order valence-electron chi connectivity index (χ0n) is 12.1. The Kier molecular flexibility index (Phi) is 4.49. The van der Waals surface area contributed by atoms with Crippen LogP contribution in [0.5, 0.6) is 11.5 Å². The van der Waals surface area contributed by atoms with Gasteiger partial charge in [-0.15, -0.1) is 0 Å². The molecule has 0 saturated heterocycles. The van der Waals surface area contributed by atoms with Crippen LogP contribution >= 0.6 is 0 Å². The second kappa shape index (κ2) is 6.13. The summed E-state index contributed by atoms with van der Waals surface area (Å²) < 4.78 is 15.7. The van der Waals surface area contributed by atoms with Crippen molar-refractivity contribution in [3.8, 4) is 11.5 Å². The van der Waals surface area contributed by atoms with Gasteiger partial charge in [-0.1, -0.05) is 0 Å². The number of nitrogens with one attached hydrogen (secondary N) is 1. The third-order valence-corrected chi connectivity index (χ3v) is 3.32. The van der Waals surface area contributed by atoms with Crippen molar-refractivity contribution in [3.63, 3.8) is 0 Å². The molecule has 0 aromatic heterocycles. The van der Waals surface area contributed by atoms with Crippen LogP contribution in [-0.4, -0.2) is 38.4 Å². The predicted molar refractivity (Wildman–Crippen MR) is 75.1 cm³/mol. The number of rotatable bonds is 7. The van der Waals surface area contributed by atoms with Crippen molar-refractivity contribution in [2.24, 2.45) is 0 Å². The topological polar surface area (TPSA) is 56.8 Å². The lowest BCUT2D eigenvalue weighted by Crippen LogP contribution is -2.55. The molecule has 1 aromatic carbocycles. The summed E-state index contributed by atoms with van der Waals surface area (Å²) in [6, 6.07) is 7.65. The molecule has 1 saturated carbocycles. The van der Waals surface area contributed by atoms with Crippen molar-refractivity contribution in [3.05, 3.63) is 24.3 Å². The predicted octanol–water partition coefficient (Wildman–Crippen LogP) is 1.76. The maximum absolute atomic E-state index is 11.9. The Hall–Kier alpha value is -1.75. The number of methoxy groups -OCH3 is 2. The molecule has 0 bridgehead atoms. The quantitative estimate of drug-likeness (QED) is 0.771. The van der Waals surface area contributed by atoms with E-state index in [9.17, 15) is 4.79 Å². The monoisotopic (exact) mass is 279 g/mol. The van der Waals surface area contributed by atoms with Crippen LogP contribution in [0, 0.1) is 0 Å². The lowest BCUT2D eigenvalue weighted by atomic mass is 10.0. The first-order valence-corrected chi connectivity index (χ1v) is 6.70. The Morgan fingerprint density at radius 2 is 1.85 bits per heavy atom. The van der Waals surface area contributed by atoms with Crippen LogP contribution in [-0.2, 0) is 9.53 Å². The molecule has 1 aromatic rings. The molecule has 1 aliphatic carbocycles. The highest BCUT2D eigenvalue weighted by atomic mass is 16.5. The van der Waals surface area contributed by atoms with Gasteiger partial charge in [0.2, 0.25) is 0 Å². The number of esters is 1. The SMILES string of the molecule is COC(=O)C(C)(COc1ccc(OC)cc1)NC1CC1. The van der Waals surface area contributed by atoms with E-state index in [0.29, 0.717) is 11.8 Å². The highest BCUT2D eigenvalue weighted by molar-refractivity contribution is 5.80. The molecular formula is C15H21NO4. The van der Waals surface area contributed by atoms with E-state index in [-0.39, 0.29) is 12.6 Å². The average Bonchev–Trinajstić information content (AvgIpc) is 3.28. The Labute approximate surface area is 119 Å². The van der Waals surface area contributed by atoms with Crippen LogP contribution in [0.2, 0.25) is 0 Å². The van der Waals surface area contributed by atoms with E-state index in [1.54, 1.807) is 14.0 Å². The molecule has 0 radical (unpaired) electrons. The molecule has 20 heavy (non-hydrogen) atoms. The van der Waals surface area contributed by atoms with E-state index in [2.05, 4.69) is 5.32 Å². The summed E-state index contributed by atoms with van der Waals surface area (Å²) in [4.78, 5) is 11.9. The van der Waals surface area contributed by atoms with E-state index < -0.39 is 5.54 Å². The van der Waals surface area contributed by atoms with E-state index in [4.69, 9.17) is 14.2 Å². The maximum atomic E-state index is 11.9. The van der Waals surface area contributed by atoms with Crippen molar-refractivity contribution in [2.75, 3.05) is 20.8 Å². The van der Waals surface area contributed by atoms with Crippen molar-refractivity contribution >= 4 is 5.97 Å². The molecule has 1 N–H and O–H groups in total. The lowest BCUT2D eigenvalue weighted by Gasteiger charge is -2.28. The number of hydrogen-bond acceptors (Lipinski definition) is 5. The summed E-state index contributed by atoms with van der Waals surface area (Å²) in [5.74, 6) is 1.15. The van der Waals surface area contributed by atoms with E-state index in [1.807, 2.05) is 24.3 Å². The Balaban J connectivity index is 1.97. The van der Waals surface area contributed by atoms with Crippen LogP contribution in [0.25, 0.3) is 0 Å². The molecule has 0 aliphatic heterocycles. The van der Waals surface area contributed by atoms with E-state index >= 15 is 0 Å². The molecule has 110 valence electrons. The molecule has 5 heteroatoms. The van der Waals surface area contributed by atoms with Gasteiger partial charge >= 0.3 is 5.97 Å². The second-order valence-electron chi connectivity index (χ2n) is 5.21. The van der Waals surface area contributed by atoms with Gasteiger partial charge in [-0.3, -0.25) is 5.32 Å². The van der Waals surface area contributed by atoms with Gasteiger partial charge in [-0.05, 0) is 44.0 Å². The van der Waals surface area contributed by atoms with Crippen molar-refractivity contribution in [2.45, 2.75) is 31.3 Å². The zero-order valence-corrected chi connectivity index (χ0v) is 12.1. The fourth-order valence-corrected chi connectivity index (χ4v) is 1.96. The standard InChI is InChI=1S/C15H21NO4/c1-15(14(17)19-3,16-11-4-5-11)10-20-13-8-6-12(18-2)7-9-13/h6-9,11,16H,4-5,10H2,1-3H3. The maximum Gasteiger partial charge on any atom is 0.329 e. The van der Waals surface area contributed by atoms with Gasteiger partial charge in [0.05, 0.1) is 14.2 Å². The van der Waals surface area contributed by atoms with Crippen LogP contribution in [0.15, 0.2) is 24.3 Å². The molecule has 0 heterocycles. The molecule has 1 unspecified atom stereocenters. The Morgan fingerprint density at radius 1 is 1.25 bits per heavy atom. The van der Waals surface area contributed by atoms with Gasteiger partial charge < -0.3 is 14.2 Å². The smallest absolute Gasteiger partial charge is 0.329 e. The van der Waals surface area contributed by atoms with E-state index in [1.165, 1.54) is 7.11 Å². The highest BCUT2D eigenvalue weighted by Gasteiger charge is 2.40.